The molecule has 26 heavy (non-hydrogen) atoms. The van der Waals surface area contributed by atoms with Gasteiger partial charge in [0.2, 0.25) is 0 Å². The molecule has 2 aliphatic rings. The Kier molecular flexibility index (Phi) is 4.06. The van der Waals surface area contributed by atoms with E-state index in [9.17, 15) is 9.18 Å². The maximum atomic E-state index is 14.0. The lowest BCUT2D eigenvalue weighted by molar-refractivity contribution is -0.112. The van der Waals surface area contributed by atoms with Crippen LogP contribution in [0.25, 0.3) is 5.57 Å². The number of hydrogen-bond acceptors (Lipinski definition) is 4. The molecule has 0 spiro atoms. The van der Waals surface area contributed by atoms with E-state index in [1.54, 1.807) is 19.1 Å². The van der Waals surface area contributed by atoms with E-state index in [0.29, 0.717) is 17.9 Å². The minimum Gasteiger partial charge on any atom is -0.489 e. The van der Waals surface area contributed by atoms with Crippen LogP contribution in [0.2, 0.25) is 0 Å². The molecule has 2 aliphatic carbocycles. The summed E-state index contributed by atoms with van der Waals surface area (Å²) in [7, 11) is 0. The molecule has 1 atom stereocenters. The Morgan fingerprint density at radius 2 is 2.27 bits per heavy atom. The van der Waals surface area contributed by atoms with Gasteiger partial charge in [0.05, 0.1) is 18.0 Å². The largest absolute Gasteiger partial charge is 0.489 e. The van der Waals surface area contributed by atoms with Gasteiger partial charge in [-0.1, -0.05) is 24.6 Å². The molecule has 1 heterocycles. The number of fused-ring (bicyclic) bond motifs is 2. The summed E-state index contributed by atoms with van der Waals surface area (Å²) in [5, 5.41) is 13.9. The van der Waals surface area contributed by atoms with Crippen LogP contribution in [0.5, 0.6) is 5.75 Å². The lowest BCUT2D eigenvalue weighted by atomic mass is 9.85. The quantitative estimate of drug-likeness (QED) is 0.880. The number of amides is 1. The first-order valence-corrected chi connectivity index (χ1v) is 8.66. The number of halogens is 1. The van der Waals surface area contributed by atoms with Gasteiger partial charge in [-0.2, -0.15) is 15.4 Å². The monoisotopic (exact) mass is 354 g/mol. The van der Waals surface area contributed by atoms with E-state index >= 15 is 0 Å². The Morgan fingerprint density at radius 3 is 3.08 bits per heavy atom. The van der Waals surface area contributed by atoms with Gasteiger partial charge in [-0.3, -0.25) is 4.79 Å². The number of aromatic amines is 1. The zero-order valence-corrected chi connectivity index (χ0v) is 14.6. The van der Waals surface area contributed by atoms with Crippen molar-refractivity contribution in [2.75, 3.05) is 11.9 Å². The van der Waals surface area contributed by atoms with Crippen molar-refractivity contribution >= 4 is 17.2 Å². The highest BCUT2D eigenvalue weighted by Crippen LogP contribution is 2.45. The van der Waals surface area contributed by atoms with Crippen molar-refractivity contribution in [2.24, 2.45) is 0 Å². The van der Waals surface area contributed by atoms with E-state index in [0.717, 1.165) is 29.8 Å². The zero-order chi connectivity index (χ0) is 18.3. The highest BCUT2D eigenvalue weighted by atomic mass is 19.1. The summed E-state index contributed by atoms with van der Waals surface area (Å²) in [6.07, 6.45) is 3.47. The highest BCUT2D eigenvalue weighted by Gasteiger charge is 2.34. The number of H-pyrrole nitrogens is 1. The van der Waals surface area contributed by atoms with E-state index in [1.807, 2.05) is 6.08 Å². The van der Waals surface area contributed by atoms with Crippen LogP contribution in [0.4, 0.5) is 10.1 Å². The van der Waals surface area contributed by atoms with Crippen LogP contribution in [0.1, 0.15) is 44.0 Å². The van der Waals surface area contributed by atoms with Crippen molar-refractivity contribution in [3.8, 4) is 5.75 Å². The summed E-state index contributed by atoms with van der Waals surface area (Å²) in [6.45, 7) is 4.18. The summed E-state index contributed by atoms with van der Waals surface area (Å²) in [4.78, 5) is 12.9. The summed E-state index contributed by atoms with van der Waals surface area (Å²) in [6, 6.07) is 4.47. The van der Waals surface area contributed by atoms with Gasteiger partial charge in [-0.15, -0.1) is 0 Å². The molecule has 0 saturated heterocycles. The van der Waals surface area contributed by atoms with Crippen LogP contribution in [0.15, 0.2) is 35.4 Å². The molecule has 2 N–H and O–H groups in total. The summed E-state index contributed by atoms with van der Waals surface area (Å²) in [5.74, 6) is -0.484. The van der Waals surface area contributed by atoms with Crippen LogP contribution in [-0.2, 0) is 4.79 Å². The maximum Gasteiger partial charge on any atom is 0.256 e. The third-order valence-corrected chi connectivity index (χ3v) is 4.76. The van der Waals surface area contributed by atoms with Crippen LogP contribution in [0.3, 0.4) is 0 Å². The number of aromatic nitrogens is 3. The number of carbonyl (C=O) groups excluding carboxylic acids is 1. The number of carbonyl (C=O) groups is 1. The van der Waals surface area contributed by atoms with E-state index in [2.05, 4.69) is 27.7 Å². The van der Waals surface area contributed by atoms with Gasteiger partial charge in [-0.05, 0) is 31.9 Å². The second-order valence-corrected chi connectivity index (χ2v) is 6.47. The fraction of sp³-hybridized carbons (Fsp3) is 0.316. The Labute approximate surface area is 150 Å². The standard InChI is InChI=1S/C19H19FN4O2/c1-3-26-18-13(20)5-4-6-14(18)21-19(25)12-8-7-11-9-10(2)16-17(15(11)12)23-24-22-16/h4-6,8,10H,3,7,9H2,1-2H3,(H,21,25)(H,22,23,24)/t10-/m0/s1. The lowest BCUT2D eigenvalue weighted by Crippen LogP contribution is -2.18. The number of rotatable bonds is 4. The minimum absolute atomic E-state index is 0.0514. The summed E-state index contributed by atoms with van der Waals surface area (Å²) in [5.41, 5.74) is 4.52. The third-order valence-electron chi connectivity index (χ3n) is 4.76. The fourth-order valence-electron chi connectivity index (χ4n) is 3.63. The molecule has 0 radical (unpaired) electrons. The Hall–Kier alpha value is -2.96. The molecule has 0 bridgehead atoms. The Balaban J connectivity index is 1.64. The summed E-state index contributed by atoms with van der Waals surface area (Å²) >= 11 is 0. The maximum absolute atomic E-state index is 14.0. The first kappa shape index (κ1) is 16.5. The van der Waals surface area contributed by atoms with Gasteiger partial charge >= 0.3 is 0 Å². The van der Waals surface area contributed by atoms with Gasteiger partial charge in [0.1, 0.15) is 5.69 Å². The number of benzene rings is 1. The molecular formula is C19H19FN4O2. The second kappa shape index (κ2) is 6.40. The molecule has 1 amide bonds. The molecule has 0 unspecified atom stereocenters. The number of hydrogen-bond donors (Lipinski definition) is 2. The zero-order valence-electron chi connectivity index (χ0n) is 14.6. The molecule has 1 aromatic heterocycles. The number of allylic oxidation sites excluding steroid dienone is 2. The van der Waals surface area contributed by atoms with Gasteiger partial charge in [0, 0.05) is 17.1 Å². The number of nitrogens with zero attached hydrogens (tertiary/aromatic N) is 2. The van der Waals surface area contributed by atoms with Gasteiger partial charge < -0.3 is 10.1 Å². The summed E-state index contributed by atoms with van der Waals surface area (Å²) < 4.78 is 19.4. The molecule has 4 rings (SSSR count). The minimum atomic E-state index is -0.504. The van der Waals surface area contributed by atoms with Crippen molar-refractivity contribution in [1.82, 2.24) is 15.4 Å². The second-order valence-electron chi connectivity index (χ2n) is 6.47. The number of ether oxygens (including phenoxy) is 1. The molecule has 0 fully saturated rings. The molecule has 0 saturated carbocycles. The topological polar surface area (TPSA) is 79.9 Å². The van der Waals surface area contributed by atoms with Crippen molar-refractivity contribution in [1.29, 1.82) is 0 Å². The Bertz CT molecular complexity index is 945. The molecule has 1 aromatic carbocycles. The fourth-order valence-corrected chi connectivity index (χ4v) is 3.63. The van der Waals surface area contributed by atoms with Gasteiger partial charge in [0.25, 0.3) is 5.91 Å². The van der Waals surface area contributed by atoms with Gasteiger partial charge in [-0.25, -0.2) is 4.39 Å². The van der Waals surface area contributed by atoms with Crippen molar-refractivity contribution in [3.63, 3.8) is 0 Å². The van der Waals surface area contributed by atoms with Crippen LogP contribution in [0, 0.1) is 5.82 Å². The van der Waals surface area contributed by atoms with E-state index < -0.39 is 5.82 Å². The Morgan fingerprint density at radius 1 is 1.42 bits per heavy atom. The average Bonchev–Trinajstić information content (AvgIpc) is 3.24. The third kappa shape index (κ3) is 2.60. The smallest absolute Gasteiger partial charge is 0.256 e. The molecule has 6 nitrogen and oxygen atoms in total. The first-order chi connectivity index (χ1) is 12.6. The molecular weight excluding hydrogens is 335 g/mol. The van der Waals surface area contributed by atoms with Crippen molar-refractivity contribution < 1.29 is 13.9 Å². The number of nitrogens with one attached hydrogen (secondary N) is 2. The normalized spacial score (nSPS) is 18.3. The highest BCUT2D eigenvalue weighted by molar-refractivity contribution is 6.17. The average molecular weight is 354 g/mol. The van der Waals surface area contributed by atoms with E-state index in [4.69, 9.17) is 4.74 Å². The first-order valence-electron chi connectivity index (χ1n) is 8.66. The van der Waals surface area contributed by atoms with Gasteiger partial charge in [0.15, 0.2) is 11.6 Å². The molecule has 134 valence electrons. The SMILES string of the molecule is CCOc1c(F)cccc1NC(=O)C1=CCC2=C1c1n[nH]nc1[C@@H](C)C2. The van der Waals surface area contributed by atoms with Crippen LogP contribution < -0.4 is 10.1 Å². The van der Waals surface area contributed by atoms with Crippen LogP contribution >= 0.6 is 0 Å². The van der Waals surface area contributed by atoms with Crippen molar-refractivity contribution in [2.45, 2.75) is 32.6 Å². The predicted octanol–water partition coefficient (Wildman–Crippen LogP) is 3.57. The van der Waals surface area contributed by atoms with E-state index in [1.165, 1.54) is 11.6 Å². The molecule has 2 aromatic rings. The predicted molar refractivity (Wildman–Crippen MR) is 95.2 cm³/mol. The molecule has 7 heteroatoms. The van der Waals surface area contributed by atoms with Crippen molar-refractivity contribution in [3.05, 3.63) is 52.6 Å². The number of para-hydroxylation sites is 1. The van der Waals surface area contributed by atoms with Crippen LogP contribution in [-0.4, -0.2) is 27.9 Å². The van der Waals surface area contributed by atoms with E-state index in [-0.39, 0.29) is 17.6 Å². The lowest BCUT2D eigenvalue weighted by Gasteiger charge is -2.20. The molecule has 0 aliphatic heterocycles. The number of anilines is 1.